The van der Waals surface area contributed by atoms with E-state index in [0.717, 1.165) is 16.5 Å². The Labute approximate surface area is 148 Å². The third-order valence-corrected chi connectivity index (χ3v) is 5.04. The van der Waals surface area contributed by atoms with Crippen molar-refractivity contribution in [3.8, 4) is 11.5 Å². The van der Waals surface area contributed by atoms with Crippen LogP contribution in [-0.2, 0) is 4.79 Å². The Morgan fingerprint density at radius 3 is 2.68 bits per heavy atom. The van der Waals surface area contributed by atoms with E-state index < -0.39 is 0 Å². The molecule has 4 nitrogen and oxygen atoms in total. The summed E-state index contributed by atoms with van der Waals surface area (Å²) in [7, 11) is 3.16. The van der Waals surface area contributed by atoms with E-state index >= 15 is 0 Å². The van der Waals surface area contributed by atoms with Crippen LogP contribution in [0.15, 0.2) is 21.5 Å². The molecule has 1 aromatic rings. The van der Waals surface area contributed by atoms with Crippen LogP contribution in [0.4, 0.5) is 0 Å². The highest BCUT2D eigenvalue weighted by atomic mass is 79.9. The monoisotopic (exact) mass is 401 g/mol. The van der Waals surface area contributed by atoms with Gasteiger partial charge in [0.05, 0.1) is 23.6 Å². The number of methoxy groups -OCH3 is 2. The summed E-state index contributed by atoms with van der Waals surface area (Å²) in [6.07, 6.45) is 2.70. The summed E-state index contributed by atoms with van der Waals surface area (Å²) in [5.74, 6) is 1.19. The molecule has 1 aromatic carbocycles. The normalized spacial score (nSPS) is 16.5. The highest BCUT2D eigenvalue weighted by Crippen LogP contribution is 2.38. The molecule has 2 rings (SSSR count). The molecular formula is C15H16BrNO3S2. The van der Waals surface area contributed by atoms with Gasteiger partial charge in [0.2, 0.25) is 0 Å². The molecule has 0 saturated carbocycles. The molecule has 0 radical (unpaired) electrons. The molecule has 1 aliphatic heterocycles. The first-order valence-electron chi connectivity index (χ1n) is 6.68. The summed E-state index contributed by atoms with van der Waals surface area (Å²) in [5.41, 5.74) is 0.849. The Hall–Kier alpha value is -1.05. The summed E-state index contributed by atoms with van der Waals surface area (Å²) in [6, 6.07) is 3.71. The van der Waals surface area contributed by atoms with Crippen LogP contribution in [0.2, 0.25) is 0 Å². The molecule has 0 spiro atoms. The molecule has 22 heavy (non-hydrogen) atoms. The molecule has 1 heterocycles. The number of thioether (sulfide) groups is 1. The zero-order valence-corrected chi connectivity index (χ0v) is 15.7. The fraction of sp³-hybridized carbons (Fsp3) is 0.333. The van der Waals surface area contributed by atoms with Gasteiger partial charge in [-0.15, -0.1) is 0 Å². The summed E-state index contributed by atoms with van der Waals surface area (Å²) >= 11 is 10.0. The van der Waals surface area contributed by atoms with E-state index in [0.29, 0.717) is 27.3 Å². The molecule has 0 atom stereocenters. The summed E-state index contributed by atoms with van der Waals surface area (Å²) < 4.78 is 12.0. The second kappa shape index (κ2) is 7.48. The minimum atomic E-state index is -0.0391. The van der Waals surface area contributed by atoms with Crippen LogP contribution in [0.5, 0.6) is 11.5 Å². The number of rotatable bonds is 5. The Bertz CT molecular complexity index is 646. The quantitative estimate of drug-likeness (QED) is 0.548. The lowest BCUT2D eigenvalue weighted by molar-refractivity contribution is -0.122. The maximum atomic E-state index is 12.4. The van der Waals surface area contributed by atoms with Gasteiger partial charge in [-0.1, -0.05) is 30.9 Å². The first kappa shape index (κ1) is 17.3. The molecule has 0 unspecified atom stereocenters. The molecule has 1 aliphatic rings. The predicted octanol–water partition coefficient (Wildman–Crippen LogP) is 4.08. The molecule has 0 N–H and O–H groups in total. The topological polar surface area (TPSA) is 38.8 Å². The molecule has 7 heteroatoms. The Morgan fingerprint density at radius 2 is 2.09 bits per heavy atom. The van der Waals surface area contributed by atoms with Crippen LogP contribution in [0.1, 0.15) is 18.9 Å². The second-order valence-corrected chi connectivity index (χ2v) is 7.10. The van der Waals surface area contributed by atoms with Gasteiger partial charge in [0.1, 0.15) is 4.32 Å². The number of carbonyl (C=O) groups is 1. The van der Waals surface area contributed by atoms with E-state index in [9.17, 15) is 4.79 Å². The third-order valence-electron chi connectivity index (χ3n) is 3.07. The molecule has 1 amide bonds. The second-order valence-electron chi connectivity index (χ2n) is 4.57. The molecule has 0 bridgehead atoms. The van der Waals surface area contributed by atoms with E-state index in [-0.39, 0.29) is 5.91 Å². The number of amides is 1. The predicted molar refractivity (Wildman–Crippen MR) is 97.4 cm³/mol. The Morgan fingerprint density at radius 1 is 1.36 bits per heavy atom. The molecule has 118 valence electrons. The number of thiocarbonyl (C=S) groups is 1. The number of hydrogen-bond donors (Lipinski definition) is 0. The minimum absolute atomic E-state index is 0.0391. The summed E-state index contributed by atoms with van der Waals surface area (Å²) in [4.78, 5) is 14.6. The molecule has 1 saturated heterocycles. The number of ether oxygens (including phenoxy) is 2. The van der Waals surface area contributed by atoms with Gasteiger partial charge in [0.25, 0.3) is 5.91 Å². The van der Waals surface area contributed by atoms with Gasteiger partial charge >= 0.3 is 0 Å². The van der Waals surface area contributed by atoms with Crippen molar-refractivity contribution in [2.24, 2.45) is 0 Å². The SMILES string of the molecule is CCCN1C(=O)/C(=C/c2cc(Br)c(OC)c(OC)c2)SC1=S. The number of hydrogen-bond acceptors (Lipinski definition) is 5. The van der Waals surface area contributed by atoms with Crippen LogP contribution in [0, 0.1) is 0 Å². The number of halogens is 1. The molecule has 1 fully saturated rings. The first-order chi connectivity index (χ1) is 10.5. The third kappa shape index (κ3) is 3.47. The largest absolute Gasteiger partial charge is 0.493 e. The zero-order valence-electron chi connectivity index (χ0n) is 12.5. The van der Waals surface area contributed by atoms with Crippen LogP contribution in [0.3, 0.4) is 0 Å². The van der Waals surface area contributed by atoms with Crippen LogP contribution in [-0.4, -0.2) is 35.9 Å². The Kier molecular flexibility index (Phi) is 5.88. The lowest BCUT2D eigenvalue weighted by atomic mass is 10.2. The van der Waals surface area contributed by atoms with Gasteiger partial charge in [-0.05, 0) is 46.1 Å². The van der Waals surface area contributed by atoms with Crippen molar-refractivity contribution in [2.45, 2.75) is 13.3 Å². The molecular weight excluding hydrogens is 386 g/mol. The van der Waals surface area contributed by atoms with Gasteiger partial charge in [0, 0.05) is 6.54 Å². The van der Waals surface area contributed by atoms with Gasteiger partial charge in [-0.2, -0.15) is 0 Å². The number of benzene rings is 1. The maximum Gasteiger partial charge on any atom is 0.266 e. The molecule has 0 aliphatic carbocycles. The van der Waals surface area contributed by atoms with Gasteiger partial charge in [-0.3, -0.25) is 9.69 Å². The number of carbonyl (C=O) groups excluding carboxylic acids is 1. The zero-order chi connectivity index (χ0) is 16.3. The van der Waals surface area contributed by atoms with Crippen molar-refractivity contribution in [1.29, 1.82) is 0 Å². The highest BCUT2D eigenvalue weighted by molar-refractivity contribution is 9.10. The van der Waals surface area contributed by atoms with Crippen molar-refractivity contribution in [3.05, 3.63) is 27.1 Å². The van der Waals surface area contributed by atoms with Crippen molar-refractivity contribution < 1.29 is 14.3 Å². The smallest absolute Gasteiger partial charge is 0.266 e. The number of nitrogens with zero attached hydrogens (tertiary/aromatic N) is 1. The van der Waals surface area contributed by atoms with Gasteiger partial charge in [-0.25, -0.2) is 0 Å². The summed E-state index contributed by atoms with van der Waals surface area (Å²) in [5, 5.41) is 0. The van der Waals surface area contributed by atoms with E-state index in [1.807, 2.05) is 25.1 Å². The summed E-state index contributed by atoms with van der Waals surface area (Å²) in [6.45, 7) is 2.67. The fourth-order valence-electron chi connectivity index (χ4n) is 2.09. The van der Waals surface area contributed by atoms with Crippen LogP contribution < -0.4 is 9.47 Å². The van der Waals surface area contributed by atoms with Crippen LogP contribution >= 0.6 is 39.9 Å². The lowest BCUT2D eigenvalue weighted by Crippen LogP contribution is -2.28. The van der Waals surface area contributed by atoms with E-state index in [4.69, 9.17) is 21.7 Å². The highest BCUT2D eigenvalue weighted by Gasteiger charge is 2.31. The van der Waals surface area contributed by atoms with Gasteiger partial charge in [0.15, 0.2) is 11.5 Å². The standard InChI is InChI=1S/C15H16BrNO3S2/c1-4-5-17-14(18)12(22-15(17)21)8-9-6-10(16)13(20-3)11(7-9)19-2/h6-8H,4-5H2,1-3H3/b12-8-. The average molecular weight is 402 g/mol. The first-order valence-corrected chi connectivity index (χ1v) is 8.70. The molecule has 0 aromatic heterocycles. The maximum absolute atomic E-state index is 12.4. The van der Waals surface area contributed by atoms with E-state index in [1.54, 1.807) is 19.1 Å². The average Bonchev–Trinajstić information content (AvgIpc) is 2.74. The van der Waals surface area contributed by atoms with Crippen molar-refractivity contribution in [2.75, 3.05) is 20.8 Å². The van der Waals surface area contributed by atoms with Crippen LogP contribution in [0.25, 0.3) is 6.08 Å². The minimum Gasteiger partial charge on any atom is -0.493 e. The van der Waals surface area contributed by atoms with Crippen molar-refractivity contribution >= 4 is 56.2 Å². The fourth-order valence-corrected chi connectivity index (χ4v) is 4.02. The van der Waals surface area contributed by atoms with Gasteiger partial charge < -0.3 is 9.47 Å². The van der Waals surface area contributed by atoms with Crippen molar-refractivity contribution in [3.63, 3.8) is 0 Å². The van der Waals surface area contributed by atoms with Crippen molar-refractivity contribution in [1.82, 2.24) is 4.90 Å². The van der Waals surface area contributed by atoms with E-state index in [1.165, 1.54) is 11.8 Å². The lowest BCUT2D eigenvalue weighted by Gasteiger charge is -2.12. The Balaban J connectivity index is 2.36. The van der Waals surface area contributed by atoms with E-state index in [2.05, 4.69) is 15.9 Å².